The number of carboxylic acid groups (broad SMARTS) is 4. The molecule has 103 heavy (non-hydrogen) atoms. The van der Waals surface area contributed by atoms with Gasteiger partial charge >= 0.3 is 23.9 Å². The third-order valence-electron chi connectivity index (χ3n) is 14.9. The molecule has 0 heterocycles. The maximum absolute atomic E-state index is 14.1. The van der Waals surface area contributed by atoms with Gasteiger partial charge in [-0.15, -0.1) is 0 Å². The zero-order valence-corrected chi connectivity index (χ0v) is 57.4. The lowest BCUT2D eigenvalue weighted by molar-refractivity contribution is -0.143. The molecule has 42 nitrogen and oxygen atoms in total. The number of carboxylic acids is 4. The van der Waals surface area contributed by atoms with Crippen molar-refractivity contribution in [2.75, 3.05) is 6.61 Å². The van der Waals surface area contributed by atoms with Crippen molar-refractivity contribution in [1.82, 2.24) is 63.8 Å². The predicted molar refractivity (Wildman–Crippen MR) is 351 cm³/mol. The summed E-state index contributed by atoms with van der Waals surface area (Å²) in [5.74, 6) is -26.4. The van der Waals surface area contributed by atoms with E-state index in [4.69, 9.17) is 22.9 Å². The Morgan fingerprint density at radius 3 is 1.17 bits per heavy atom. The van der Waals surface area contributed by atoms with Crippen molar-refractivity contribution >= 4 is 112 Å². The molecule has 0 aliphatic rings. The van der Waals surface area contributed by atoms with E-state index < -0.39 is 267 Å². The molecule has 0 aromatic heterocycles. The van der Waals surface area contributed by atoms with E-state index >= 15 is 0 Å². The summed E-state index contributed by atoms with van der Waals surface area (Å²) < 4.78 is 0. The van der Waals surface area contributed by atoms with Crippen molar-refractivity contribution in [2.24, 2.45) is 34.8 Å². The van der Waals surface area contributed by atoms with E-state index in [1.165, 1.54) is 13.8 Å². The fourth-order valence-electron chi connectivity index (χ4n) is 9.27. The first-order valence-corrected chi connectivity index (χ1v) is 32.0. The molecule has 15 amide bonds. The Morgan fingerprint density at radius 1 is 0.369 bits per heavy atom. The van der Waals surface area contributed by atoms with Gasteiger partial charge in [0.15, 0.2) is 0 Å². The molecule has 42 heteroatoms. The Hall–Kier alpha value is -11.0. The van der Waals surface area contributed by atoms with Crippen LogP contribution in [0.3, 0.4) is 0 Å². The van der Waals surface area contributed by atoms with Crippen LogP contribution in [0, 0.1) is 11.8 Å². The molecule has 0 unspecified atom stereocenters. The second kappa shape index (κ2) is 44.3. The quantitative estimate of drug-likeness (QED) is 0.0288. The minimum absolute atomic E-state index is 0.0624. The van der Waals surface area contributed by atoms with Crippen molar-refractivity contribution < 1.29 is 127 Å². The number of aliphatic carboxylic acids is 4. The Morgan fingerprint density at radius 2 is 0.738 bits per heavy atom. The number of hydrogen-bond donors (Lipinski definition) is 23. The molecule has 0 saturated carbocycles. The van der Waals surface area contributed by atoms with Crippen molar-refractivity contribution in [3.8, 4) is 0 Å². The van der Waals surface area contributed by atoms with E-state index in [1.54, 1.807) is 44.2 Å². The summed E-state index contributed by atoms with van der Waals surface area (Å²) >= 11 is 0. The average Bonchev–Trinajstić information content (AvgIpc) is 0.854. The lowest BCUT2D eigenvalue weighted by Crippen LogP contribution is -2.63. The lowest BCUT2D eigenvalue weighted by Gasteiger charge is -2.29. The summed E-state index contributed by atoms with van der Waals surface area (Å²) in [6.45, 7) is 8.04. The smallest absolute Gasteiger partial charge is 0.326 e. The van der Waals surface area contributed by atoms with Gasteiger partial charge in [0.05, 0.1) is 38.1 Å². The SMILES string of the molecule is CC(C)C[C@H](NC(=O)[C@H](Cc1ccccc1)NC(=O)[C@H](CO)NC(=O)[C@@H](NC(=O)[C@@H](NC(=O)[C@H](CC(N)=O)NC(=O)[C@H](CC(=O)O)NC(=O)[C@H](CCC(=O)O)NC(=O)[C@H](C)NC(=O)[C@H](CC(=O)O)NC(=O)[C@H](CCC(N)=O)NC(=O)[C@@H](N)[C@@H](C)O)[C@@H](C)O)C(C)C)C(=O)N[C@@H](CCC(N)=O)C(=O)O. The van der Waals surface area contributed by atoms with Crippen LogP contribution in [0.5, 0.6) is 0 Å². The van der Waals surface area contributed by atoms with Gasteiger partial charge in [-0.2, -0.15) is 0 Å². The number of rotatable bonds is 48. The topological polar surface area (TPSA) is 714 Å². The number of aliphatic hydroxyl groups excluding tert-OH is 3. The molecule has 0 spiro atoms. The summed E-state index contributed by atoms with van der Waals surface area (Å²) in [7, 11) is 0. The summed E-state index contributed by atoms with van der Waals surface area (Å²) in [6.07, 6.45) is -11.0. The molecule has 574 valence electrons. The Balaban J connectivity index is 3.50. The van der Waals surface area contributed by atoms with E-state index in [0.29, 0.717) is 5.56 Å². The minimum Gasteiger partial charge on any atom is -0.481 e. The molecular formula is C61H94N16O26. The van der Waals surface area contributed by atoms with Crippen LogP contribution in [0.1, 0.15) is 118 Å². The zero-order chi connectivity index (χ0) is 78.9. The molecular weight excluding hydrogens is 1370 g/mol. The maximum atomic E-state index is 14.1. The normalized spacial score (nSPS) is 15.4. The first-order valence-electron chi connectivity index (χ1n) is 32.0. The predicted octanol–water partition coefficient (Wildman–Crippen LogP) is -9.84. The van der Waals surface area contributed by atoms with Crippen LogP contribution in [0.15, 0.2) is 30.3 Å². The highest BCUT2D eigenvalue weighted by Crippen LogP contribution is 2.13. The molecule has 27 N–H and O–H groups in total. The molecule has 0 fully saturated rings. The number of nitrogens with two attached hydrogens (primary N) is 4. The standard InChI is InChI=1S/C61H94N16O26/c1-25(2)19-34(53(94)69-33(61(102)103)14-17-41(63)82)70-54(95)35(20-30-11-9-8-10-12-30)71-57(98)39(24-78)75-59(100)47(26(3)4)76-60(101)48(29(7)80)77-56(97)36(21-42(64)83)72-55(96)38(23-45(88)89)74-51(92)32(15-18-43(84)85)67-49(90)27(5)66-52(93)37(22-44(86)87)73-50(91)31(13-16-40(62)81)68-58(99)46(65)28(6)79/h8-12,25-29,31-39,46-48,78-80H,13-24,65H2,1-7H3,(H2,62,81)(H2,63,82)(H2,64,83)(H,66,93)(H,67,90)(H,68,99)(H,69,94)(H,70,95)(H,71,98)(H,72,96)(H,73,91)(H,74,92)(H,75,100)(H,76,101)(H,77,97)(H,84,85)(H,86,87)(H,88,89)(H,102,103)/t27-,28+,29+,31-,32-,33-,34-,35-,36-,37-,38-,39-,46-,47-,48-/m0/s1. The second-order valence-electron chi connectivity index (χ2n) is 24.7. The number of primary amides is 3. The Labute approximate surface area is 588 Å². The van der Waals surface area contributed by atoms with Crippen LogP contribution in [0.4, 0.5) is 0 Å². The third-order valence-corrected chi connectivity index (χ3v) is 14.9. The van der Waals surface area contributed by atoms with Crippen LogP contribution in [0.25, 0.3) is 0 Å². The van der Waals surface area contributed by atoms with Gasteiger partial charge in [-0.25, -0.2) is 4.79 Å². The molecule has 0 saturated heterocycles. The largest absolute Gasteiger partial charge is 0.481 e. The lowest BCUT2D eigenvalue weighted by atomic mass is 10.00. The molecule has 0 aliphatic heterocycles. The molecule has 0 aliphatic carbocycles. The molecule has 15 atom stereocenters. The van der Waals surface area contributed by atoms with Gasteiger partial charge in [-0.05, 0) is 63.9 Å². The van der Waals surface area contributed by atoms with Gasteiger partial charge in [0.1, 0.15) is 78.5 Å². The van der Waals surface area contributed by atoms with Gasteiger partial charge < -0.3 is 122 Å². The van der Waals surface area contributed by atoms with E-state index in [2.05, 4.69) is 47.9 Å². The number of hydrogen-bond acceptors (Lipinski definition) is 23. The van der Waals surface area contributed by atoms with E-state index in [1.807, 2.05) is 16.0 Å². The van der Waals surface area contributed by atoms with E-state index in [0.717, 1.165) is 20.8 Å². The monoisotopic (exact) mass is 1470 g/mol. The van der Waals surface area contributed by atoms with Crippen molar-refractivity contribution in [3.63, 3.8) is 0 Å². The first kappa shape index (κ1) is 90.0. The highest BCUT2D eigenvalue weighted by Gasteiger charge is 2.40. The third kappa shape index (κ3) is 33.8. The summed E-state index contributed by atoms with van der Waals surface area (Å²) in [6, 6.07) is -16.0. The molecule has 0 bridgehead atoms. The average molecular weight is 1470 g/mol. The van der Waals surface area contributed by atoms with Crippen LogP contribution in [-0.2, 0) is 97.5 Å². The minimum atomic E-state index is -2.30. The number of nitrogens with one attached hydrogen (secondary N) is 12. The number of aliphatic hydroxyl groups is 3. The van der Waals surface area contributed by atoms with Gasteiger partial charge in [0, 0.05) is 25.7 Å². The molecule has 1 rings (SSSR count). The summed E-state index contributed by atoms with van der Waals surface area (Å²) in [5.41, 5.74) is 21.8. The van der Waals surface area contributed by atoms with Crippen LogP contribution in [-0.4, -0.2) is 246 Å². The second-order valence-corrected chi connectivity index (χ2v) is 24.7. The molecule has 1 aromatic rings. The van der Waals surface area contributed by atoms with Gasteiger partial charge in [0.25, 0.3) is 0 Å². The Kier molecular flexibility index (Phi) is 38.7. The molecule has 1 aromatic carbocycles. The fraction of sp³-hybridized carbons (Fsp3) is 0.590. The zero-order valence-electron chi connectivity index (χ0n) is 57.4. The van der Waals surface area contributed by atoms with Gasteiger partial charge in [-0.3, -0.25) is 86.3 Å². The van der Waals surface area contributed by atoms with Crippen molar-refractivity contribution in [3.05, 3.63) is 35.9 Å². The highest BCUT2D eigenvalue weighted by molar-refractivity contribution is 6.01. The number of carbonyl (C=O) groups is 19. The number of amides is 15. The van der Waals surface area contributed by atoms with E-state index in [-0.39, 0.29) is 25.2 Å². The van der Waals surface area contributed by atoms with Crippen molar-refractivity contribution in [1.29, 1.82) is 0 Å². The van der Waals surface area contributed by atoms with E-state index in [9.17, 15) is 127 Å². The fourth-order valence-corrected chi connectivity index (χ4v) is 9.27. The highest BCUT2D eigenvalue weighted by atomic mass is 16.4. The van der Waals surface area contributed by atoms with Gasteiger partial charge in [0.2, 0.25) is 88.6 Å². The first-order chi connectivity index (χ1) is 47.9. The Bertz CT molecular complexity index is 3230. The van der Waals surface area contributed by atoms with Crippen LogP contribution < -0.4 is 86.7 Å². The summed E-state index contributed by atoms with van der Waals surface area (Å²) in [4.78, 5) is 247. The van der Waals surface area contributed by atoms with Crippen LogP contribution in [0.2, 0.25) is 0 Å². The number of carbonyl (C=O) groups excluding carboxylic acids is 15. The number of benzene rings is 1. The van der Waals surface area contributed by atoms with Crippen LogP contribution >= 0.6 is 0 Å². The maximum Gasteiger partial charge on any atom is 0.326 e. The van der Waals surface area contributed by atoms with Crippen molar-refractivity contribution in [2.45, 2.75) is 210 Å². The summed E-state index contributed by atoms with van der Waals surface area (Å²) in [5, 5.41) is 95.6. The molecule has 0 radical (unpaired) electrons. The van der Waals surface area contributed by atoms with Gasteiger partial charge in [-0.1, -0.05) is 58.0 Å².